The Morgan fingerprint density at radius 3 is 2.67 bits per heavy atom. The molecule has 18 heavy (non-hydrogen) atoms. The third-order valence-corrected chi connectivity index (χ3v) is 3.36. The van der Waals surface area contributed by atoms with E-state index in [0.717, 1.165) is 3.57 Å². The Hall–Kier alpha value is -0.820. The maximum Gasteiger partial charge on any atom is 0.339 e. The van der Waals surface area contributed by atoms with Crippen LogP contribution >= 0.6 is 22.6 Å². The molecule has 0 radical (unpaired) electrons. The summed E-state index contributed by atoms with van der Waals surface area (Å²) < 4.78 is 11.7. The molecule has 0 unspecified atom stereocenters. The van der Waals surface area contributed by atoms with Gasteiger partial charge >= 0.3 is 5.97 Å². The summed E-state index contributed by atoms with van der Waals surface area (Å²) in [5.74, 6) is -0.579. The molecule has 0 amide bonds. The van der Waals surface area contributed by atoms with E-state index in [1.807, 2.05) is 19.9 Å². The summed E-state index contributed by atoms with van der Waals surface area (Å²) in [7, 11) is 1.65. The van der Waals surface area contributed by atoms with Crippen molar-refractivity contribution in [3.63, 3.8) is 0 Å². The van der Waals surface area contributed by atoms with Crippen molar-refractivity contribution in [2.24, 2.45) is 0 Å². The Kier molecular flexibility index (Phi) is 5.40. The number of carboxylic acids is 1. The zero-order chi connectivity index (χ0) is 13.8. The Bertz CT molecular complexity index is 429. The average Bonchev–Trinajstić information content (AvgIpc) is 2.30. The third kappa shape index (κ3) is 4.45. The lowest BCUT2D eigenvalue weighted by Crippen LogP contribution is -2.25. The van der Waals surface area contributed by atoms with Gasteiger partial charge in [0.1, 0.15) is 11.3 Å². The van der Waals surface area contributed by atoms with E-state index in [9.17, 15) is 4.79 Å². The van der Waals surface area contributed by atoms with E-state index in [0.29, 0.717) is 18.8 Å². The van der Waals surface area contributed by atoms with Crippen LogP contribution < -0.4 is 4.74 Å². The summed E-state index contributed by atoms with van der Waals surface area (Å²) in [6.45, 7) is 4.34. The first-order chi connectivity index (χ1) is 8.35. The number of carboxylic acid groups (broad SMARTS) is 1. The third-order valence-electron chi connectivity index (χ3n) is 2.69. The van der Waals surface area contributed by atoms with Crippen molar-refractivity contribution in [2.45, 2.75) is 25.9 Å². The van der Waals surface area contributed by atoms with Crippen molar-refractivity contribution in [1.82, 2.24) is 0 Å². The minimum absolute atomic E-state index is 0.192. The number of halogens is 1. The van der Waals surface area contributed by atoms with Crippen molar-refractivity contribution >= 4 is 28.6 Å². The fourth-order valence-corrected chi connectivity index (χ4v) is 1.80. The predicted octanol–water partition coefficient (Wildman–Crippen LogP) is 3.18. The van der Waals surface area contributed by atoms with Gasteiger partial charge in [-0.25, -0.2) is 4.79 Å². The summed E-state index contributed by atoms with van der Waals surface area (Å²) in [5, 5.41) is 9.09. The van der Waals surface area contributed by atoms with Crippen molar-refractivity contribution in [3.05, 3.63) is 27.3 Å². The Morgan fingerprint density at radius 2 is 2.11 bits per heavy atom. The molecule has 0 saturated heterocycles. The highest BCUT2D eigenvalue weighted by Gasteiger charge is 2.17. The first kappa shape index (κ1) is 15.2. The zero-order valence-electron chi connectivity index (χ0n) is 10.7. The van der Waals surface area contributed by atoms with E-state index in [1.165, 1.54) is 0 Å². The topological polar surface area (TPSA) is 55.8 Å². The van der Waals surface area contributed by atoms with Gasteiger partial charge in [-0.05, 0) is 54.6 Å². The van der Waals surface area contributed by atoms with E-state index < -0.39 is 5.97 Å². The van der Waals surface area contributed by atoms with Crippen LogP contribution in [0.1, 0.15) is 30.6 Å². The summed E-state index contributed by atoms with van der Waals surface area (Å²) in [6.07, 6.45) is 0.689. The summed E-state index contributed by atoms with van der Waals surface area (Å²) >= 11 is 2.07. The highest BCUT2D eigenvalue weighted by molar-refractivity contribution is 14.1. The Labute approximate surface area is 120 Å². The van der Waals surface area contributed by atoms with Gasteiger partial charge in [-0.3, -0.25) is 0 Å². The number of methoxy groups -OCH3 is 1. The molecule has 1 N–H and O–H groups in total. The highest BCUT2D eigenvalue weighted by atomic mass is 127. The van der Waals surface area contributed by atoms with E-state index in [4.69, 9.17) is 14.6 Å². The van der Waals surface area contributed by atoms with Crippen molar-refractivity contribution in [2.75, 3.05) is 13.7 Å². The first-order valence-electron chi connectivity index (χ1n) is 5.56. The lowest BCUT2D eigenvalue weighted by Gasteiger charge is -2.22. The minimum Gasteiger partial charge on any atom is -0.493 e. The van der Waals surface area contributed by atoms with Crippen LogP contribution in [0.25, 0.3) is 0 Å². The van der Waals surface area contributed by atoms with E-state index in [2.05, 4.69) is 22.6 Å². The van der Waals surface area contributed by atoms with Gasteiger partial charge in [0.15, 0.2) is 0 Å². The molecule has 0 aliphatic rings. The molecule has 0 aliphatic heterocycles. The second-order valence-electron chi connectivity index (χ2n) is 4.51. The van der Waals surface area contributed by atoms with Crippen LogP contribution in [-0.2, 0) is 4.74 Å². The van der Waals surface area contributed by atoms with E-state index >= 15 is 0 Å². The fraction of sp³-hybridized carbons (Fsp3) is 0.462. The number of ether oxygens (including phenoxy) is 2. The number of benzene rings is 1. The molecular weight excluding hydrogens is 347 g/mol. The number of rotatable bonds is 6. The van der Waals surface area contributed by atoms with Gasteiger partial charge < -0.3 is 14.6 Å². The summed E-state index contributed by atoms with van der Waals surface area (Å²) in [4.78, 5) is 11.1. The lowest BCUT2D eigenvalue weighted by molar-refractivity contribution is 0.00538. The summed E-state index contributed by atoms with van der Waals surface area (Å²) in [6, 6.07) is 5.11. The van der Waals surface area contributed by atoms with Crippen molar-refractivity contribution in [1.29, 1.82) is 0 Å². The second-order valence-corrected chi connectivity index (χ2v) is 5.75. The van der Waals surface area contributed by atoms with Gasteiger partial charge in [-0.15, -0.1) is 0 Å². The highest BCUT2D eigenvalue weighted by Crippen LogP contribution is 2.22. The van der Waals surface area contributed by atoms with Crippen LogP contribution in [0.4, 0.5) is 0 Å². The molecule has 0 saturated carbocycles. The monoisotopic (exact) mass is 364 g/mol. The number of hydrogen-bond acceptors (Lipinski definition) is 3. The van der Waals surface area contributed by atoms with Gasteiger partial charge in [0, 0.05) is 17.1 Å². The fourth-order valence-electron chi connectivity index (χ4n) is 1.30. The first-order valence-corrected chi connectivity index (χ1v) is 6.64. The average molecular weight is 364 g/mol. The van der Waals surface area contributed by atoms with Crippen LogP contribution in [0.5, 0.6) is 5.75 Å². The molecular formula is C13H17IO4. The van der Waals surface area contributed by atoms with Crippen molar-refractivity contribution in [3.8, 4) is 5.75 Å². The Morgan fingerprint density at radius 1 is 1.44 bits per heavy atom. The van der Waals surface area contributed by atoms with Gasteiger partial charge in [0.2, 0.25) is 0 Å². The second kappa shape index (κ2) is 6.38. The molecule has 0 bridgehead atoms. The maximum atomic E-state index is 11.1. The van der Waals surface area contributed by atoms with Gasteiger partial charge in [-0.1, -0.05) is 0 Å². The minimum atomic E-state index is -0.977. The number of hydrogen-bond donors (Lipinski definition) is 1. The maximum absolute atomic E-state index is 11.1. The zero-order valence-corrected chi connectivity index (χ0v) is 12.9. The van der Waals surface area contributed by atoms with E-state index in [-0.39, 0.29) is 11.2 Å². The van der Waals surface area contributed by atoms with E-state index in [1.54, 1.807) is 19.2 Å². The summed E-state index contributed by atoms with van der Waals surface area (Å²) in [5.41, 5.74) is -0.0795. The molecule has 0 atom stereocenters. The molecule has 0 aromatic heterocycles. The molecule has 0 heterocycles. The molecule has 0 spiro atoms. The molecule has 1 aromatic carbocycles. The van der Waals surface area contributed by atoms with Gasteiger partial charge in [0.25, 0.3) is 0 Å². The lowest BCUT2D eigenvalue weighted by atomic mass is 10.1. The number of aromatic carboxylic acids is 1. The normalized spacial score (nSPS) is 11.3. The Balaban J connectivity index is 2.70. The molecule has 1 rings (SSSR count). The molecule has 1 aromatic rings. The van der Waals surface area contributed by atoms with Crippen LogP contribution in [0, 0.1) is 3.57 Å². The van der Waals surface area contributed by atoms with Gasteiger partial charge in [0.05, 0.1) is 12.2 Å². The van der Waals surface area contributed by atoms with Crippen LogP contribution in [-0.4, -0.2) is 30.4 Å². The van der Waals surface area contributed by atoms with Gasteiger partial charge in [-0.2, -0.15) is 0 Å². The number of carbonyl (C=O) groups is 1. The SMILES string of the molecule is COC(C)(C)CCOc1ccc(I)cc1C(=O)O. The predicted molar refractivity (Wildman–Crippen MR) is 77.3 cm³/mol. The van der Waals surface area contributed by atoms with Crippen LogP contribution in [0.2, 0.25) is 0 Å². The van der Waals surface area contributed by atoms with Crippen molar-refractivity contribution < 1.29 is 19.4 Å². The largest absolute Gasteiger partial charge is 0.493 e. The quantitative estimate of drug-likeness (QED) is 0.788. The molecule has 0 fully saturated rings. The standard InChI is InChI=1S/C13H17IO4/c1-13(2,17-3)6-7-18-11-5-4-9(14)8-10(11)12(15)16/h4-5,8H,6-7H2,1-3H3,(H,15,16). The molecule has 0 aliphatic carbocycles. The molecule has 100 valence electrons. The smallest absolute Gasteiger partial charge is 0.339 e. The van der Waals surface area contributed by atoms with Crippen LogP contribution in [0.3, 0.4) is 0 Å². The van der Waals surface area contributed by atoms with Crippen LogP contribution in [0.15, 0.2) is 18.2 Å². The molecule has 4 nitrogen and oxygen atoms in total. The molecule has 5 heteroatoms.